The third-order valence-corrected chi connectivity index (χ3v) is 3.07. The first kappa shape index (κ1) is 14.5. The number of anilines is 1. The molecule has 0 aliphatic carbocycles. The van der Waals surface area contributed by atoms with E-state index in [2.05, 4.69) is 15.6 Å². The van der Waals surface area contributed by atoms with Crippen LogP contribution in [0.5, 0.6) is 0 Å². The van der Waals surface area contributed by atoms with Crippen molar-refractivity contribution in [2.75, 3.05) is 25.0 Å². The van der Waals surface area contributed by atoms with Gasteiger partial charge in [0.15, 0.2) is 0 Å². The maximum absolute atomic E-state index is 13.6. The summed E-state index contributed by atoms with van der Waals surface area (Å²) in [7, 11) is 1.87. The first-order chi connectivity index (χ1) is 9.70. The van der Waals surface area contributed by atoms with E-state index < -0.39 is 0 Å². The Morgan fingerprint density at radius 3 is 2.90 bits per heavy atom. The molecule has 2 rings (SSSR count). The van der Waals surface area contributed by atoms with E-state index >= 15 is 0 Å². The van der Waals surface area contributed by atoms with Crippen molar-refractivity contribution in [1.82, 2.24) is 20.3 Å². The minimum Gasteiger partial charge on any atom is -0.370 e. The molecule has 1 aromatic carbocycles. The summed E-state index contributed by atoms with van der Waals surface area (Å²) in [5.41, 5.74) is 1.51. The maximum Gasteiger partial charge on any atom is 0.146 e. The van der Waals surface area contributed by atoms with Gasteiger partial charge in [-0.15, -0.1) is 5.10 Å². The first-order valence-electron chi connectivity index (χ1n) is 6.76. The molecule has 0 amide bonds. The van der Waals surface area contributed by atoms with Crippen molar-refractivity contribution in [3.05, 3.63) is 42.0 Å². The molecular formula is C14H20FN5. The van der Waals surface area contributed by atoms with Crippen molar-refractivity contribution in [3.8, 4) is 0 Å². The monoisotopic (exact) mass is 277 g/mol. The number of likely N-dealkylation sites (N-methyl/N-ethyl adjacent to an activating group) is 1. The molecule has 0 unspecified atom stereocenters. The highest BCUT2D eigenvalue weighted by atomic mass is 19.1. The van der Waals surface area contributed by atoms with Gasteiger partial charge in [-0.25, -0.2) is 4.39 Å². The smallest absolute Gasteiger partial charge is 0.146 e. The predicted molar refractivity (Wildman–Crippen MR) is 77.1 cm³/mol. The molecule has 108 valence electrons. The molecule has 0 saturated carbocycles. The zero-order valence-corrected chi connectivity index (χ0v) is 11.9. The molecule has 0 bridgehead atoms. The summed E-state index contributed by atoms with van der Waals surface area (Å²) in [6.07, 6.45) is 1.91. The fourth-order valence-electron chi connectivity index (χ4n) is 1.92. The summed E-state index contributed by atoms with van der Waals surface area (Å²) >= 11 is 0. The number of para-hydroxylation sites is 1. The summed E-state index contributed by atoms with van der Waals surface area (Å²) in [6, 6.07) is 6.76. The van der Waals surface area contributed by atoms with E-state index in [4.69, 9.17) is 0 Å². The van der Waals surface area contributed by atoms with Gasteiger partial charge in [0.05, 0.1) is 17.9 Å². The lowest BCUT2D eigenvalue weighted by molar-refractivity contribution is 0.576. The van der Waals surface area contributed by atoms with E-state index in [-0.39, 0.29) is 5.82 Å². The van der Waals surface area contributed by atoms with Crippen molar-refractivity contribution < 1.29 is 4.39 Å². The summed E-state index contributed by atoms with van der Waals surface area (Å²) < 4.78 is 15.4. The number of nitrogens with one attached hydrogen (secondary N) is 1. The van der Waals surface area contributed by atoms with Gasteiger partial charge in [-0.2, -0.15) is 0 Å². The zero-order chi connectivity index (χ0) is 14.4. The van der Waals surface area contributed by atoms with Crippen molar-refractivity contribution in [1.29, 1.82) is 0 Å². The number of aromatic nitrogens is 3. The molecule has 2 aromatic rings. The number of nitrogens with zero attached hydrogens (tertiary/aromatic N) is 4. The third kappa shape index (κ3) is 3.77. The van der Waals surface area contributed by atoms with E-state index in [1.165, 1.54) is 6.07 Å². The zero-order valence-electron chi connectivity index (χ0n) is 11.9. The average molecular weight is 277 g/mol. The van der Waals surface area contributed by atoms with Crippen LogP contribution in [0.2, 0.25) is 0 Å². The first-order valence-corrected chi connectivity index (χ1v) is 6.76. The number of rotatable bonds is 7. The molecule has 0 atom stereocenters. The van der Waals surface area contributed by atoms with Crippen LogP contribution in [0.3, 0.4) is 0 Å². The Balaban J connectivity index is 1.88. The molecule has 5 nitrogen and oxygen atoms in total. The Hall–Kier alpha value is -1.95. The lowest BCUT2D eigenvalue weighted by Crippen LogP contribution is -2.23. The standard InChI is InChI=1S/C14H20FN5/c1-3-16-10-12-11-20(18-17-12)9-8-19(2)14-7-5-4-6-13(14)15/h4-7,11,16H,3,8-10H2,1-2H3. The second-order valence-corrected chi connectivity index (χ2v) is 4.63. The predicted octanol–water partition coefficient (Wildman–Crippen LogP) is 1.66. The topological polar surface area (TPSA) is 46.0 Å². The Labute approximate surface area is 118 Å². The summed E-state index contributed by atoms with van der Waals surface area (Å²) in [6.45, 7) is 5.02. The quantitative estimate of drug-likeness (QED) is 0.836. The third-order valence-electron chi connectivity index (χ3n) is 3.07. The van der Waals surface area contributed by atoms with Gasteiger partial charge in [-0.3, -0.25) is 4.68 Å². The molecule has 1 heterocycles. The van der Waals surface area contributed by atoms with E-state index in [0.29, 0.717) is 18.8 Å². The lowest BCUT2D eigenvalue weighted by Gasteiger charge is -2.19. The summed E-state index contributed by atoms with van der Waals surface area (Å²) in [5.74, 6) is -0.207. The van der Waals surface area contributed by atoms with Crippen LogP contribution in [0.15, 0.2) is 30.5 Å². The van der Waals surface area contributed by atoms with Gasteiger partial charge in [0, 0.05) is 26.3 Å². The SMILES string of the molecule is CCNCc1cn(CCN(C)c2ccccc2F)nn1. The van der Waals surface area contributed by atoms with Crippen LogP contribution >= 0.6 is 0 Å². The molecule has 0 fully saturated rings. The molecule has 1 N–H and O–H groups in total. The molecule has 20 heavy (non-hydrogen) atoms. The van der Waals surface area contributed by atoms with Gasteiger partial charge < -0.3 is 10.2 Å². The van der Waals surface area contributed by atoms with E-state index in [9.17, 15) is 4.39 Å². The molecular weight excluding hydrogens is 257 g/mol. The second-order valence-electron chi connectivity index (χ2n) is 4.63. The Morgan fingerprint density at radius 2 is 2.15 bits per heavy atom. The molecule has 6 heteroatoms. The Morgan fingerprint density at radius 1 is 1.35 bits per heavy atom. The van der Waals surface area contributed by atoms with Crippen LogP contribution < -0.4 is 10.2 Å². The van der Waals surface area contributed by atoms with Crippen LogP contribution in [0, 0.1) is 5.82 Å². The maximum atomic E-state index is 13.6. The highest BCUT2D eigenvalue weighted by molar-refractivity contribution is 5.46. The van der Waals surface area contributed by atoms with Crippen LogP contribution in [-0.2, 0) is 13.1 Å². The van der Waals surface area contributed by atoms with Crippen LogP contribution in [0.1, 0.15) is 12.6 Å². The largest absolute Gasteiger partial charge is 0.370 e. The normalized spacial score (nSPS) is 10.8. The minimum atomic E-state index is -0.207. The van der Waals surface area contributed by atoms with Gasteiger partial charge in [0.25, 0.3) is 0 Å². The number of hydrogen-bond acceptors (Lipinski definition) is 4. The molecule has 0 radical (unpaired) electrons. The summed E-state index contributed by atoms with van der Waals surface area (Å²) in [5, 5.41) is 11.3. The molecule has 0 aliphatic heterocycles. The van der Waals surface area contributed by atoms with Gasteiger partial charge in [0.1, 0.15) is 5.82 Å². The van der Waals surface area contributed by atoms with Crippen LogP contribution in [-0.4, -0.2) is 35.1 Å². The number of hydrogen-bond donors (Lipinski definition) is 1. The minimum absolute atomic E-state index is 0.207. The summed E-state index contributed by atoms with van der Waals surface area (Å²) in [4.78, 5) is 1.88. The Kier molecular flexibility index (Phi) is 5.06. The van der Waals surface area contributed by atoms with Crippen LogP contribution in [0.4, 0.5) is 10.1 Å². The second kappa shape index (κ2) is 7.00. The van der Waals surface area contributed by atoms with Crippen molar-refractivity contribution in [2.24, 2.45) is 0 Å². The fourth-order valence-corrected chi connectivity index (χ4v) is 1.92. The fraction of sp³-hybridized carbons (Fsp3) is 0.429. The Bertz CT molecular complexity index is 540. The van der Waals surface area contributed by atoms with Gasteiger partial charge >= 0.3 is 0 Å². The molecule has 0 spiro atoms. The van der Waals surface area contributed by atoms with E-state index in [1.807, 2.05) is 31.1 Å². The number of benzene rings is 1. The molecule has 0 saturated heterocycles. The van der Waals surface area contributed by atoms with Gasteiger partial charge in [-0.1, -0.05) is 24.3 Å². The molecule has 0 aliphatic rings. The van der Waals surface area contributed by atoms with Crippen LogP contribution in [0.25, 0.3) is 0 Å². The number of halogens is 1. The van der Waals surface area contributed by atoms with Crippen molar-refractivity contribution >= 4 is 5.69 Å². The van der Waals surface area contributed by atoms with E-state index in [0.717, 1.165) is 18.8 Å². The van der Waals surface area contributed by atoms with E-state index in [1.54, 1.807) is 16.8 Å². The van der Waals surface area contributed by atoms with Gasteiger partial charge in [-0.05, 0) is 18.7 Å². The highest BCUT2D eigenvalue weighted by Gasteiger charge is 2.07. The van der Waals surface area contributed by atoms with Gasteiger partial charge in [0.2, 0.25) is 0 Å². The lowest BCUT2D eigenvalue weighted by atomic mass is 10.3. The highest BCUT2D eigenvalue weighted by Crippen LogP contribution is 2.16. The van der Waals surface area contributed by atoms with Crippen molar-refractivity contribution in [3.63, 3.8) is 0 Å². The van der Waals surface area contributed by atoms with Crippen molar-refractivity contribution in [2.45, 2.75) is 20.0 Å². The average Bonchev–Trinajstić information content (AvgIpc) is 2.91. The molecule has 1 aromatic heterocycles.